The van der Waals surface area contributed by atoms with Crippen LogP contribution in [0.3, 0.4) is 0 Å². The second kappa shape index (κ2) is 8.01. The van der Waals surface area contributed by atoms with Crippen LogP contribution in [0.25, 0.3) is 0 Å². The maximum atomic E-state index is 10.7. The first kappa shape index (κ1) is 16.6. The zero-order valence-corrected chi connectivity index (χ0v) is 13.5. The summed E-state index contributed by atoms with van der Waals surface area (Å²) < 4.78 is 6.32. The molecule has 0 amide bonds. The lowest BCUT2D eigenvalue weighted by atomic mass is 10.2. The summed E-state index contributed by atoms with van der Waals surface area (Å²) in [6.07, 6.45) is 6.78. The van der Waals surface area contributed by atoms with Crippen LogP contribution in [-0.2, 0) is 0 Å². The fourth-order valence-electron chi connectivity index (χ4n) is 1.73. The van der Waals surface area contributed by atoms with Crippen molar-refractivity contribution in [1.82, 2.24) is 0 Å². The molecule has 0 aliphatic rings. The molecular formula is C17H12BrN2O3-. The van der Waals surface area contributed by atoms with Crippen molar-refractivity contribution < 1.29 is 14.6 Å². The molecule has 0 aliphatic carbocycles. The third kappa shape index (κ3) is 4.87. The second-order valence-electron chi connectivity index (χ2n) is 4.41. The van der Waals surface area contributed by atoms with Gasteiger partial charge in [0.2, 0.25) is 0 Å². The Hall–Kier alpha value is -2.78. The van der Waals surface area contributed by atoms with E-state index in [1.807, 2.05) is 12.1 Å². The van der Waals surface area contributed by atoms with Crippen molar-refractivity contribution in [3.05, 3.63) is 58.1 Å². The van der Waals surface area contributed by atoms with Gasteiger partial charge in [-0.1, -0.05) is 34.0 Å². The van der Waals surface area contributed by atoms with Crippen molar-refractivity contribution in [2.24, 2.45) is 5.10 Å². The molecule has 6 heteroatoms. The van der Waals surface area contributed by atoms with Crippen LogP contribution in [0, 0.1) is 12.3 Å². The molecule has 0 atom stereocenters. The molecule has 1 N–H and O–H groups in total. The molecule has 5 nitrogen and oxygen atoms in total. The standard InChI is InChI=1S/C17H13BrN2O3/c1-2-9-23-16-8-5-14(18)10-13(16)11-19-20-15-6-3-12(4-7-15)17(21)22/h1,3-8,10-11,20H,9H2,(H,21,22)/p-1/b19-11-. The molecule has 0 unspecified atom stereocenters. The minimum atomic E-state index is -1.22. The predicted molar refractivity (Wildman–Crippen MR) is 90.5 cm³/mol. The summed E-state index contributed by atoms with van der Waals surface area (Å²) in [4.78, 5) is 10.7. The molecule has 2 aromatic rings. The summed E-state index contributed by atoms with van der Waals surface area (Å²) in [6, 6.07) is 11.5. The Morgan fingerprint density at radius 2 is 2.09 bits per heavy atom. The number of carboxylic acids is 1. The third-order valence-electron chi connectivity index (χ3n) is 2.80. The van der Waals surface area contributed by atoms with Crippen molar-refractivity contribution in [3.8, 4) is 18.1 Å². The molecule has 0 fully saturated rings. The van der Waals surface area contributed by atoms with Gasteiger partial charge in [-0.25, -0.2) is 0 Å². The Bertz CT molecular complexity index is 764. The minimum Gasteiger partial charge on any atom is -0.545 e. The van der Waals surface area contributed by atoms with Crippen molar-refractivity contribution >= 4 is 33.8 Å². The maximum Gasteiger partial charge on any atom is 0.148 e. The highest BCUT2D eigenvalue weighted by atomic mass is 79.9. The summed E-state index contributed by atoms with van der Waals surface area (Å²) >= 11 is 3.38. The number of aromatic carboxylic acids is 1. The molecule has 23 heavy (non-hydrogen) atoms. The average Bonchev–Trinajstić information content (AvgIpc) is 2.54. The van der Waals surface area contributed by atoms with Crippen molar-refractivity contribution in [1.29, 1.82) is 0 Å². The lowest BCUT2D eigenvalue weighted by Gasteiger charge is -2.07. The fourth-order valence-corrected chi connectivity index (χ4v) is 2.11. The van der Waals surface area contributed by atoms with Crippen LogP contribution in [-0.4, -0.2) is 18.8 Å². The minimum absolute atomic E-state index is 0.108. The van der Waals surface area contributed by atoms with Crippen LogP contribution < -0.4 is 15.3 Å². The van der Waals surface area contributed by atoms with Gasteiger partial charge in [-0.2, -0.15) is 5.10 Å². The van der Waals surface area contributed by atoms with Gasteiger partial charge in [0.1, 0.15) is 12.4 Å². The Morgan fingerprint density at radius 1 is 1.35 bits per heavy atom. The molecule has 0 spiro atoms. The third-order valence-corrected chi connectivity index (χ3v) is 3.29. The number of carboxylic acid groups (broad SMARTS) is 1. The first-order valence-corrected chi connectivity index (χ1v) is 7.36. The number of anilines is 1. The number of carbonyl (C=O) groups excluding carboxylic acids is 1. The van der Waals surface area contributed by atoms with Crippen LogP contribution in [0.1, 0.15) is 15.9 Å². The first-order valence-electron chi connectivity index (χ1n) is 6.56. The van der Waals surface area contributed by atoms with E-state index < -0.39 is 5.97 Å². The Balaban J connectivity index is 2.09. The second-order valence-corrected chi connectivity index (χ2v) is 5.33. The molecule has 0 aromatic heterocycles. The number of terminal acetylenes is 1. The molecule has 2 aromatic carbocycles. The van der Waals surface area contributed by atoms with Gasteiger partial charge < -0.3 is 14.6 Å². The van der Waals surface area contributed by atoms with Crippen LogP contribution in [0.15, 0.2) is 52.0 Å². The normalized spacial score (nSPS) is 10.3. The highest BCUT2D eigenvalue weighted by Crippen LogP contribution is 2.22. The Morgan fingerprint density at radius 3 is 2.74 bits per heavy atom. The van der Waals surface area contributed by atoms with E-state index in [1.165, 1.54) is 12.1 Å². The molecule has 0 aliphatic heterocycles. The van der Waals surface area contributed by atoms with E-state index in [1.54, 1.807) is 24.4 Å². The van der Waals surface area contributed by atoms with Crippen molar-refractivity contribution in [2.45, 2.75) is 0 Å². The van der Waals surface area contributed by atoms with E-state index in [9.17, 15) is 9.90 Å². The molecule has 0 heterocycles. The van der Waals surface area contributed by atoms with Crippen LogP contribution in [0.5, 0.6) is 5.75 Å². The van der Waals surface area contributed by atoms with E-state index in [-0.39, 0.29) is 12.2 Å². The summed E-state index contributed by atoms with van der Waals surface area (Å²) in [6.45, 7) is 0.167. The molecule has 2 rings (SSSR count). The van der Waals surface area contributed by atoms with Gasteiger partial charge in [0.15, 0.2) is 0 Å². The van der Waals surface area contributed by atoms with Gasteiger partial charge in [-0.05, 0) is 35.9 Å². The SMILES string of the molecule is C#CCOc1ccc(Br)cc1/C=N\Nc1ccc(C(=O)[O-])cc1. The van der Waals surface area contributed by atoms with Crippen LogP contribution in [0.2, 0.25) is 0 Å². The molecule has 0 saturated carbocycles. The smallest absolute Gasteiger partial charge is 0.148 e. The largest absolute Gasteiger partial charge is 0.545 e. The highest BCUT2D eigenvalue weighted by molar-refractivity contribution is 9.10. The maximum absolute atomic E-state index is 10.7. The fraction of sp³-hybridized carbons (Fsp3) is 0.0588. The number of hydrazone groups is 1. The monoisotopic (exact) mass is 371 g/mol. The number of hydrogen-bond acceptors (Lipinski definition) is 5. The van der Waals surface area contributed by atoms with Gasteiger partial charge in [-0.3, -0.25) is 5.43 Å². The van der Waals surface area contributed by atoms with Crippen molar-refractivity contribution in [3.63, 3.8) is 0 Å². The summed E-state index contributed by atoms with van der Waals surface area (Å²) in [7, 11) is 0. The van der Waals surface area contributed by atoms with Gasteiger partial charge in [0.25, 0.3) is 0 Å². The molecule has 0 saturated heterocycles. The highest BCUT2D eigenvalue weighted by Gasteiger charge is 2.02. The number of hydrogen-bond donors (Lipinski definition) is 1. The van der Waals surface area contributed by atoms with E-state index >= 15 is 0 Å². The van der Waals surface area contributed by atoms with E-state index in [4.69, 9.17) is 11.2 Å². The van der Waals surface area contributed by atoms with Gasteiger partial charge in [-0.15, -0.1) is 6.42 Å². The topological polar surface area (TPSA) is 73.8 Å². The molecule has 0 bridgehead atoms. The zero-order valence-electron chi connectivity index (χ0n) is 12.0. The molecular weight excluding hydrogens is 360 g/mol. The molecule has 0 radical (unpaired) electrons. The summed E-state index contributed by atoms with van der Waals surface area (Å²) in [5.41, 5.74) is 4.30. The first-order chi connectivity index (χ1) is 11.1. The molecule has 116 valence electrons. The van der Waals surface area contributed by atoms with Crippen LogP contribution in [0.4, 0.5) is 5.69 Å². The number of carbonyl (C=O) groups is 1. The number of ether oxygens (including phenoxy) is 1. The number of nitrogens with zero attached hydrogens (tertiary/aromatic N) is 1. The number of benzene rings is 2. The van der Waals surface area contributed by atoms with E-state index in [0.717, 1.165) is 10.0 Å². The summed E-state index contributed by atoms with van der Waals surface area (Å²) in [5, 5.41) is 14.8. The summed E-state index contributed by atoms with van der Waals surface area (Å²) in [5.74, 6) is 1.80. The van der Waals surface area contributed by atoms with E-state index in [2.05, 4.69) is 32.4 Å². The van der Waals surface area contributed by atoms with Crippen molar-refractivity contribution in [2.75, 3.05) is 12.0 Å². The Labute approximate surface area is 142 Å². The van der Waals surface area contributed by atoms with Gasteiger partial charge in [0.05, 0.1) is 17.9 Å². The number of rotatable bonds is 6. The van der Waals surface area contributed by atoms with Gasteiger partial charge >= 0.3 is 0 Å². The van der Waals surface area contributed by atoms with Gasteiger partial charge in [0, 0.05) is 10.0 Å². The quantitative estimate of drug-likeness (QED) is 0.480. The van der Waals surface area contributed by atoms with E-state index in [0.29, 0.717) is 11.4 Å². The van der Waals surface area contributed by atoms with Crippen LogP contribution >= 0.6 is 15.9 Å². The zero-order chi connectivity index (χ0) is 16.7. The predicted octanol–water partition coefficient (Wildman–Crippen LogP) is 2.27. The lowest BCUT2D eigenvalue weighted by molar-refractivity contribution is -0.255. The number of nitrogens with one attached hydrogen (secondary N) is 1. The Kier molecular flexibility index (Phi) is 5.78. The average molecular weight is 372 g/mol. The lowest BCUT2D eigenvalue weighted by Crippen LogP contribution is -2.21. The number of halogens is 1.